The fraction of sp³-hybridized carbons (Fsp3) is 0.235. The summed E-state index contributed by atoms with van der Waals surface area (Å²) in [6, 6.07) is 5.50. The third-order valence-electron chi connectivity index (χ3n) is 3.39. The van der Waals surface area contributed by atoms with E-state index in [1.807, 2.05) is 0 Å². The molecule has 0 spiro atoms. The van der Waals surface area contributed by atoms with Crippen LogP contribution in [-0.4, -0.2) is 33.8 Å². The van der Waals surface area contributed by atoms with Crippen LogP contribution in [0.3, 0.4) is 0 Å². The van der Waals surface area contributed by atoms with E-state index >= 15 is 0 Å². The summed E-state index contributed by atoms with van der Waals surface area (Å²) in [5.41, 5.74) is 0.108. The summed E-state index contributed by atoms with van der Waals surface area (Å²) in [7, 11) is 4.24. The van der Waals surface area contributed by atoms with Crippen LogP contribution in [0.4, 0.5) is 14.5 Å². The molecule has 0 aliphatic heterocycles. The lowest BCUT2D eigenvalue weighted by Gasteiger charge is -2.16. The smallest absolute Gasteiger partial charge is 0.387 e. The molecule has 2 rings (SSSR count). The van der Waals surface area contributed by atoms with Gasteiger partial charge in [-0.3, -0.25) is 4.79 Å². The number of hydrogen-bond donors (Lipinski definition) is 1. The van der Waals surface area contributed by atoms with Crippen molar-refractivity contribution in [3.05, 3.63) is 39.3 Å². The first-order chi connectivity index (χ1) is 12.8. The second-order valence-electron chi connectivity index (χ2n) is 5.01. The lowest BCUT2D eigenvalue weighted by molar-refractivity contribution is -0.0498. The summed E-state index contributed by atoms with van der Waals surface area (Å²) in [6.45, 7) is -3.08. The molecule has 0 bridgehead atoms. The van der Waals surface area contributed by atoms with E-state index < -0.39 is 12.5 Å². The van der Waals surface area contributed by atoms with Gasteiger partial charge in [-0.1, -0.05) is 11.6 Å². The minimum atomic E-state index is -3.08. The molecule has 1 N–H and O–H groups in total. The maximum Gasteiger partial charge on any atom is 0.387 e. The predicted molar refractivity (Wildman–Crippen MR) is 99.8 cm³/mol. The number of ether oxygens (including phenoxy) is 4. The fourth-order valence-corrected chi connectivity index (χ4v) is 3.17. The quantitative estimate of drug-likeness (QED) is 0.623. The van der Waals surface area contributed by atoms with Crippen molar-refractivity contribution in [2.75, 3.05) is 26.6 Å². The lowest BCUT2D eigenvalue weighted by atomic mass is 10.1. The molecule has 0 unspecified atom stereocenters. The third-order valence-corrected chi connectivity index (χ3v) is 4.20. The number of rotatable bonds is 7. The van der Waals surface area contributed by atoms with E-state index in [2.05, 4.69) is 26.0 Å². The zero-order valence-electron chi connectivity index (χ0n) is 14.4. The summed E-state index contributed by atoms with van der Waals surface area (Å²) in [5, 5.41) is 2.70. The molecule has 2 aromatic carbocycles. The van der Waals surface area contributed by atoms with Crippen LogP contribution in [0.1, 0.15) is 10.4 Å². The first-order valence-corrected chi connectivity index (χ1v) is 8.53. The number of methoxy groups -OCH3 is 3. The Hall–Kier alpha value is -2.26. The molecule has 27 heavy (non-hydrogen) atoms. The molecule has 0 saturated heterocycles. The molecule has 0 aliphatic rings. The lowest BCUT2D eigenvalue weighted by Crippen LogP contribution is -2.15. The molecule has 0 aliphatic carbocycles. The SMILES string of the molecule is COc1cc(C(=O)Nc2cc(Cl)cc(Br)c2OC(F)F)cc(OC)c1OC. The van der Waals surface area contributed by atoms with Gasteiger partial charge in [0, 0.05) is 10.6 Å². The number of carbonyl (C=O) groups is 1. The Morgan fingerprint density at radius 3 is 2.11 bits per heavy atom. The standard InChI is InChI=1S/C17H15BrClF2NO5/c1-24-12-4-8(5-13(25-2)15(12)26-3)16(23)22-11-7-9(19)6-10(18)14(11)27-17(20)21/h4-7,17H,1-3H3,(H,22,23). The highest BCUT2D eigenvalue weighted by molar-refractivity contribution is 9.10. The summed E-state index contributed by atoms with van der Waals surface area (Å²) in [5.74, 6) is -0.0434. The maximum atomic E-state index is 12.7. The third kappa shape index (κ3) is 4.92. The summed E-state index contributed by atoms with van der Waals surface area (Å²) >= 11 is 9.03. The van der Waals surface area contributed by atoms with Gasteiger partial charge >= 0.3 is 6.61 Å². The summed E-state index contributed by atoms with van der Waals surface area (Å²) < 4.78 is 45.6. The number of benzene rings is 2. The van der Waals surface area contributed by atoms with Gasteiger partial charge in [-0.2, -0.15) is 8.78 Å². The molecule has 10 heteroatoms. The van der Waals surface area contributed by atoms with Gasteiger partial charge in [0.15, 0.2) is 17.2 Å². The molecule has 0 fully saturated rings. The monoisotopic (exact) mass is 465 g/mol. The number of halogens is 4. The van der Waals surface area contributed by atoms with Gasteiger partial charge in [0.2, 0.25) is 5.75 Å². The average molecular weight is 467 g/mol. The number of alkyl halides is 2. The van der Waals surface area contributed by atoms with Crippen molar-refractivity contribution in [3.63, 3.8) is 0 Å². The van der Waals surface area contributed by atoms with Gasteiger partial charge in [0.1, 0.15) is 0 Å². The molecule has 0 atom stereocenters. The fourth-order valence-electron chi connectivity index (χ4n) is 2.27. The van der Waals surface area contributed by atoms with E-state index in [0.29, 0.717) is 5.75 Å². The van der Waals surface area contributed by atoms with Gasteiger partial charge < -0.3 is 24.3 Å². The molecule has 0 radical (unpaired) electrons. The molecule has 2 aromatic rings. The minimum absolute atomic E-state index is 0.0339. The van der Waals surface area contributed by atoms with Gasteiger partial charge in [-0.25, -0.2) is 0 Å². The first-order valence-electron chi connectivity index (χ1n) is 7.35. The normalized spacial score (nSPS) is 10.5. The molecule has 0 aromatic heterocycles. The van der Waals surface area contributed by atoms with Crippen LogP contribution < -0.4 is 24.3 Å². The second kappa shape index (κ2) is 9.09. The Bertz CT molecular complexity index is 825. The second-order valence-corrected chi connectivity index (χ2v) is 6.30. The van der Waals surface area contributed by atoms with E-state index in [4.69, 9.17) is 25.8 Å². The Balaban J connectivity index is 2.43. The largest absolute Gasteiger partial charge is 0.493 e. The highest BCUT2D eigenvalue weighted by Crippen LogP contribution is 2.40. The van der Waals surface area contributed by atoms with Crippen molar-refractivity contribution >= 4 is 39.1 Å². The van der Waals surface area contributed by atoms with Gasteiger partial charge in [-0.05, 0) is 40.2 Å². The van der Waals surface area contributed by atoms with E-state index in [1.165, 1.54) is 45.6 Å². The van der Waals surface area contributed by atoms with E-state index in [1.54, 1.807) is 0 Å². The molecular formula is C17H15BrClF2NO5. The Labute approximate surface area is 167 Å². The molecule has 146 valence electrons. The van der Waals surface area contributed by atoms with Crippen LogP contribution in [0.15, 0.2) is 28.7 Å². The Morgan fingerprint density at radius 1 is 1.04 bits per heavy atom. The number of amides is 1. The van der Waals surface area contributed by atoms with Crippen LogP contribution in [0.2, 0.25) is 5.02 Å². The summed E-state index contributed by atoms with van der Waals surface area (Å²) in [6.07, 6.45) is 0. The van der Waals surface area contributed by atoms with Crippen LogP contribution in [0.25, 0.3) is 0 Å². The number of nitrogens with one attached hydrogen (secondary N) is 1. The van der Waals surface area contributed by atoms with Crippen LogP contribution in [0.5, 0.6) is 23.0 Å². The Kier molecular flexibility index (Phi) is 7.09. The van der Waals surface area contributed by atoms with Crippen molar-refractivity contribution in [1.29, 1.82) is 0 Å². The zero-order valence-corrected chi connectivity index (χ0v) is 16.8. The van der Waals surface area contributed by atoms with Crippen molar-refractivity contribution < 1.29 is 32.5 Å². The number of carbonyl (C=O) groups excluding carboxylic acids is 1. The molecule has 1 amide bonds. The predicted octanol–water partition coefficient (Wildman–Crippen LogP) is 4.98. The van der Waals surface area contributed by atoms with E-state index in [9.17, 15) is 13.6 Å². The molecule has 6 nitrogen and oxygen atoms in total. The summed E-state index contributed by atoms with van der Waals surface area (Å²) in [4.78, 5) is 12.6. The van der Waals surface area contributed by atoms with Crippen molar-refractivity contribution in [2.24, 2.45) is 0 Å². The van der Waals surface area contributed by atoms with Gasteiger partial charge in [0.25, 0.3) is 5.91 Å². The highest BCUT2D eigenvalue weighted by Gasteiger charge is 2.20. The number of anilines is 1. The van der Waals surface area contributed by atoms with Gasteiger partial charge in [0.05, 0.1) is 31.5 Å². The van der Waals surface area contributed by atoms with Crippen molar-refractivity contribution in [2.45, 2.75) is 6.61 Å². The van der Waals surface area contributed by atoms with E-state index in [0.717, 1.165) is 0 Å². The molecular weight excluding hydrogens is 452 g/mol. The van der Waals surface area contributed by atoms with Gasteiger partial charge in [-0.15, -0.1) is 0 Å². The average Bonchev–Trinajstić information content (AvgIpc) is 2.62. The van der Waals surface area contributed by atoms with Crippen LogP contribution in [0, 0.1) is 0 Å². The van der Waals surface area contributed by atoms with Crippen LogP contribution in [-0.2, 0) is 0 Å². The first kappa shape index (κ1) is 21.0. The van der Waals surface area contributed by atoms with Crippen molar-refractivity contribution in [1.82, 2.24) is 0 Å². The molecule has 0 heterocycles. The highest BCUT2D eigenvalue weighted by atomic mass is 79.9. The van der Waals surface area contributed by atoms with Crippen LogP contribution >= 0.6 is 27.5 Å². The maximum absolute atomic E-state index is 12.7. The topological polar surface area (TPSA) is 66.0 Å². The number of hydrogen-bond acceptors (Lipinski definition) is 5. The van der Waals surface area contributed by atoms with Crippen molar-refractivity contribution in [3.8, 4) is 23.0 Å². The van der Waals surface area contributed by atoms with E-state index in [-0.39, 0.29) is 38.0 Å². The zero-order chi connectivity index (χ0) is 20.1. The minimum Gasteiger partial charge on any atom is -0.493 e. The molecule has 0 saturated carbocycles. The Morgan fingerprint density at radius 2 is 1.63 bits per heavy atom.